The van der Waals surface area contributed by atoms with Crippen LogP contribution in [0.2, 0.25) is 0 Å². The number of carbonyl (C=O) groups excluding carboxylic acids is 2. The standard InChI is InChI=1S/C28H31FN4O3/c29-23-10-8-21(9-11-23)25-17-33-19-31-26(24(33)18-36-25)28(35)32-15-12-22(13-16-32)27(34)30-14-4-7-20-5-2-1-3-6-20/h1-3,5-6,8-11,19,22,25H,4,7,12-18H2,(H,30,34)/t25-/m0/s1. The predicted molar refractivity (Wildman–Crippen MR) is 133 cm³/mol. The number of nitrogens with zero attached hydrogens (tertiary/aromatic N) is 3. The third-order valence-corrected chi connectivity index (χ3v) is 7.11. The monoisotopic (exact) mass is 490 g/mol. The Morgan fingerprint density at radius 3 is 2.56 bits per heavy atom. The van der Waals surface area contributed by atoms with Gasteiger partial charge >= 0.3 is 0 Å². The first-order chi connectivity index (χ1) is 17.6. The normalized spacial score (nSPS) is 18.0. The highest BCUT2D eigenvalue weighted by Crippen LogP contribution is 2.29. The maximum absolute atomic E-state index is 13.2. The Kier molecular flexibility index (Phi) is 7.41. The zero-order valence-electron chi connectivity index (χ0n) is 20.2. The number of carbonyl (C=O) groups is 2. The van der Waals surface area contributed by atoms with E-state index in [1.165, 1.54) is 17.7 Å². The first-order valence-electron chi connectivity index (χ1n) is 12.6. The molecule has 1 saturated heterocycles. The number of ether oxygens (including phenoxy) is 1. The van der Waals surface area contributed by atoms with Gasteiger partial charge in [0.2, 0.25) is 5.91 Å². The van der Waals surface area contributed by atoms with E-state index >= 15 is 0 Å². The molecular weight excluding hydrogens is 459 g/mol. The number of likely N-dealkylation sites (tertiary alicyclic amines) is 1. The molecule has 2 aliphatic heterocycles. The van der Waals surface area contributed by atoms with E-state index in [-0.39, 0.29) is 36.3 Å². The minimum atomic E-state index is -0.282. The van der Waals surface area contributed by atoms with Crippen LogP contribution in [0.1, 0.15) is 52.7 Å². The second-order valence-corrected chi connectivity index (χ2v) is 9.49. The number of benzene rings is 2. The van der Waals surface area contributed by atoms with Gasteiger partial charge in [-0.05, 0) is 48.9 Å². The number of hydrogen-bond acceptors (Lipinski definition) is 4. The molecule has 7 nitrogen and oxygen atoms in total. The molecule has 3 aromatic rings. The summed E-state index contributed by atoms with van der Waals surface area (Å²) in [5, 5.41) is 3.06. The molecule has 1 N–H and O–H groups in total. The number of hydrogen-bond donors (Lipinski definition) is 1. The zero-order chi connectivity index (χ0) is 24.9. The third kappa shape index (κ3) is 5.49. The smallest absolute Gasteiger partial charge is 0.274 e. The lowest BCUT2D eigenvalue weighted by Gasteiger charge is -2.31. The average Bonchev–Trinajstić information content (AvgIpc) is 3.35. The molecular formula is C28H31FN4O3. The van der Waals surface area contributed by atoms with Crippen LogP contribution < -0.4 is 5.32 Å². The summed E-state index contributed by atoms with van der Waals surface area (Å²) >= 11 is 0. The minimum Gasteiger partial charge on any atom is -0.365 e. The highest BCUT2D eigenvalue weighted by molar-refractivity contribution is 5.93. The van der Waals surface area contributed by atoms with Gasteiger partial charge in [-0.2, -0.15) is 0 Å². The maximum atomic E-state index is 13.2. The van der Waals surface area contributed by atoms with Crippen molar-refractivity contribution in [2.75, 3.05) is 19.6 Å². The van der Waals surface area contributed by atoms with E-state index < -0.39 is 0 Å². The summed E-state index contributed by atoms with van der Waals surface area (Å²) in [7, 11) is 0. The van der Waals surface area contributed by atoms with Crippen LogP contribution in [0, 0.1) is 11.7 Å². The Morgan fingerprint density at radius 2 is 1.81 bits per heavy atom. The SMILES string of the molecule is O=C(NCCCc1ccccc1)C1CCN(C(=O)c2ncn3c2CO[C@H](c2ccc(F)cc2)C3)CC1. The van der Waals surface area contributed by atoms with Crippen molar-refractivity contribution in [2.45, 2.75) is 44.9 Å². The maximum Gasteiger partial charge on any atom is 0.274 e. The second-order valence-electron chi connectivity index (χ2n) is 9.49. The van der Waals surface area contributed by atoms with Crippen LogP contribution in [0.5, 0.6) is 0 Å². The quantitative estimate of drug-likeness (QED) is 0.510. The summed E-state index contributed by atoms with van der Waals surface area (Å²) in [6.07, 6.45) is 4.61. The zero-order valence-corrected chi connectivity index (χ0v) is 20.2. The van der Waals surface area contributed by atoms with Crippen molar-refractivity contribution in [1.82, 2.24) is 19.8 Å². The molecule has 2 aliphatic rings. The van der Waals surface area contributed by atoms with Gasteiger partial charge in [0.25, 0.3) is 5.91 Å². The molecule has 3 heterocycles. The van der Waals surface area contributed by atoms with Crippen molar-refractivity contribution in [1.29, 1.82) is 0 Å². The van der Waals surface area contributed by atoms with Gasteiger partial charge in [-0.25, -0.2) is 9.37 Å². The van der Waals surface area contributed by atoms with Crippen molar-refractivity contribution in [2.24, 2.45) is 5.92 Å². The van der Waals surface area contributed by atoms with E-state index in [9.17, 15) is 14.0 Å². The number of amides is 2. The lowest BCUT2D eigenvalue weighted by Crippen LogP contribution is -2.43. The Morgan fingerprint density at radius 1 is 1.06 bits per heavy atom. The van der Waals surface area contributed by atoms with Crippen molar-refractivity contribution < 1.29 is 18.7 Å². The molecule has 0 spiro atoms. The first-order valence-corrected chi connectivity index (χ1v) is 12.6. The predicted octanol–water partition coefficient (Wildman–Crippen LogP) is 3.89. The van der Waals surface area contributed by atoms with E-state index in [1.54, 1.807) is 23.4 Å². The summed E-state index contributed by atoms with van der Waals surface area (Å²) < 4.78 is 21.2. The average molecular weight is 491 g/mol. The van der Waals surface area contributed by atoms with Crippen molar-refractivity contribution in [3.05, 3.63) is 89.3 Å². The number of fused-ring (bicyclic) bond motifs is 1. The number of aromatic nitrogens is 2. The first kappa shape index (κ1) is 24.2. The van der Waals surface area contributed by atoms with E-state index in [4.69, 9.17) is 4.74 Å². The molecule has 0 saturated carbocycles. The fourth-order valence-corrected chi connectivity index (χ4v) is 4.97. The van der Waals surface area contributed by atoms with Gasteiger partial charge in [-0.15, -0.1) is 0 Å². The van der Waals surface area contributed by atoms with Gasteiger partial charge < -0.3 is 19.5 Å². The van der Waals surface area contributed by atoms with Gasteiger partial charge in [0, 0.05) is 25.6 Å². The van der Waals surface area contributed by atoms with E-state index in [1.807, 2.05) is 22.8 Å². The van der Waals surface area contributed by atoms with Crippen LogP contribution in [0.4, 0.5) is 4.39 Å². The fraction of sp³-hybridized carbons (Fsp3) is 0.393. The van der Waals surface area contributed by atoms with E-state index in [2.05, 4.69) is 22.4 Å². The van der Waals surface area contributed by atoms with Crippen molar-refractivity contribution in [3.8, 4) is 0 Å². The molecule has 8 heteroatoms. The molecule has 1 atom stereocenters. The molecule has 36 heavy (non-hydrogen) atoms. The summed E-state index contributed by atoms with van der Waals surface area (Å²) in [4.78, 5) is 32.0. The molecule has 1 fully saturated rings. The van der Waals surface area contributed by atoms with Gasteiger partial charge in [-0.3, -0.25) is 9.59 Å². The molecule has 0 unspecified atom stereocenters. The summed E-state index contributed by atoms with van der Waals surface area (Å²) in [6, 6.07) is 16.5. The molecule has 188 valence electrons. The van der Waals surface area contributed by atoms with Crippen LogP contribution in [-0.4, -0.2) is 45.9 Å². The molecule has 2 amide bonds. The number of nitrogens with one attached hydrogen (secondary N) is 1. The second kappa shape index (κ2) is 11.0. The molecule has 1 aromatic heterocycles. The van der Waals surface area contributed by atoms with Gasteiger partial charge in [0.15, 0.2) is 5.69 Å². The fourth-order valence-electron chi connectivity index (χ4n) is 4.97. The summed E-state index contributed by atoms with van der Waals surface area (Å²) in [5.41, 5.74) is 3.34. The summed E-state index contributed by atoms with van der Waals surface area (Å²) in [6.45, 7) is 2.52. The van der Waals surface area contributed by atoms with E-state index in [0.717, 1.165) is 24.1 Å². The molecule has 0 radical (unpaired) electrons. The molecule has 2 aromatic carbocycles. The Hall–Kier alpha value is -3.52. The largest absolute Gasteiger partial charge is 0.365 e. The summed E-state index contributed by atoms with van der Waals surface area (Å²) in [5.74, 6) is -0.388. The number of piperidine rings is 1. The highest BCUT2D eigenvalue weighted by Gasteiger charge is 2.32. The van der Waals surface area contributed by atoms with Crippen LogP contribution in [0.15, 0.2) is 60.9 Å². The Balaban J connectivity index is 1.10. The number of rotatable bonds is 7. The number of imidazole rings is 1. The number of aryl methyl sites for hydroxylation is 1. The van der Waals surface area contributed by atoms with Crippen LogP contribution in [-0.2, 0) is 29.1 Å². The third-order valence-electron chi connectivity index (χ3n) is 7.11. The van der Waals surface area contributed by atoms with Crippen molar-refractivity contribution in [3.63, 3.8) is 0 Å². The Bertz CT molecular complexity index is 1190. The Labute approximate surface area is 210 Å². The number of halogens is 1. The van der Waals surface area contributed by atoms with Crippen LogP contribution in [0.25, 0.3) is 0 Å². The highest BCUT2D eigenvalue weighted by atomic mass is 19.1. The van der Waals surface area contributed by atoms with Gasteiger partial charge in [0.05, 0.1) is 25.2 Å². The molecule has 5 rings (SSSR count). The van der Waals surface area contributed by atoms with Crippen LogP contribution >= 0.6 is 0 Å². The lowest BCUT2D eigenvalue weighted by atomic mass is 9.95. The van der Waals surface area contributed by atoms with Gasteiger partial charge in [0.1, 0.15) is 11.9 Å². The minimum absolute atomic E-state index is 0.0681. The van der Waals surface area contributed by atoms with E-state index in [0.29, 0.717) is 44.7 Å². The van der Waals surface area contributed by atoms with Gasteiger partial charge in [-0.1, -0.05) is 42.5 Å². The molecule has 0 bridgehead atoms. The van der Waals surface area contributed by atoms with Crippen LogP contribution in [0.3, 0.4) is 0 Å². The topological polar surface area (TPSA) is 76.5 Å². The lowest BCUT2D eigenvalue weighted by molar-refractivity contribution is -0.126. The van der Waals surface area contributed by atoms with Crippen molar-refractivity contribution >= 4 is 11.8 Å². The molecule has 0 aliphatic carbocycles.